The summed E-state index contributed by atoms with van der Waals surface area (Å²) in [6.07, 6.45) is 4.20. The molecule has 1 aromatic heterocycles. The molecule has 2 heterocycles. The van der Waals surface area contributed by atoms with Gasteiger partial charge in [-0.25, -0.2) is 4.68 Å². The van der Waals surface area contributed by atoms with Crippen LogP contribution in [0.5, 0.6) is 0 Å². The smallest absolute Gasteiger partial charge is 0.325 e. The van der Waals surface area contributed by atoms with E-state index in [1.54, 1.807) is 0 Å². The molecular formula is C10H17N5O4S. The van der Waals surface area contributed by atoms with E-state index in [4.69, 9.17) is 5.11 Å². The van der Waals surface area contributed by atoms with Gasteiger partial charge in [-0.2, -0.15) is 17.4 Å². The number of carbonyl (C=O) groups is 1. The highest BCUT2D eigenvalue weighted by atomic mass is 32.2. The molecule has 0 atom stereocenters. The lowest BCUT2D eigenvalue weighted by Gasteiger charge is -2.25. The average molecular weight is 303 g/mol. The summed E-state index contributed by atoms with van der Waals surface area (Å²) in [7, 11) is -3.51. The largest absolute Gasteiger partial charge is 0.480 e. The summed E-state index contributed by atoms with van der Waals surface area (Å²) < 4.78 is 29.0. The fourth-order valence-corrected chi connectivity index (χ4v) is 3.25. The van der Waals surface area contributed by atoms with Crippen molar-refractivity contribution in [1.29, 1.82) is 0 Å². The highest BCUT2D eigenvalue weighted by molar-refractivity contribution is 7.87. The zero-order valence-electron chi connectivity index (χ0n) is 10.9. The highest BCUT2D eigenvalue weighted by Gasteiger charge is 2.23. The van der Waals surface area contributed by atoms with Crippen LogP contribution in [0.25, 0.3) is 0 Å². The second-order valence-electron chi connectivity index (χ2n) is 4.59. The van der Waals surface area contributed by atoms with Gasteiger partial charge in [0.2, 0.25) is 0 Å². The van der Waals surface area contributed by atoms with Gasteiger partial charge in [0.25, 0.3) is 10.2 Å². The van der Waals surface area contributed by atoms with E-state index in [-0.39, 0.29) is 13.1 Å². The van der Waals surface area contributed by atoms with Gasteiger partial charge in [0, 0.05) is 13.1 Å². The molecule has 1 fully saturated rings. The molecule has 0 aromatic carbocycles. The molecule has 0 amide bonds. The molecule has 0 unspecified atom stereocenters. The van der Waals surface area contributed by atoms with Crippen molar-refractivity contribution in [3.05, 3.63) is 11.9 Å². The minimum atomic E-state index is -3.51. The summed E-state index contributed by atoms with van der Waals surface area (Å²) >= 11 is 0. The predicted octanol–water partition coefficient (Wildman–Crippen LogP) is -0.817. The number of aromatic nitrogens is 3. The molecule has 1 aromatic rings. The Morgan fingerprint density at radius 1 is 1.35 bits per heavy atom. The molecule has 2 rings (SSSR count). The molecule has 1 saturated heterocycles. The Bertz CT molecular complexity index is 564. The van der Waals surface area contributed by atoms with E-state index < -0.39 is 16.2 Å². The van der Waals surface area contributed by atoms with Gasteiger partial charge in [-0.05, 0) is 12.8 Å². The van der Waals surface area contributed by atoms with Crippen LogP contribution in [0.15, 0.2) is 6.20 Å². The SMILES string of the molecule is O=C(O)Cn1cc(CNS(=O)(=O)N2CCCCC2)nn1. The van der Waals surface area contributed by atoms with Gasteiger partial charge in [0.1, 0.15) is 6.54 Å². The number of rotatable bonds is 6. The van der Waals surface area contributed by atoms with Crippen molar-refractivity contribution in [2.45, 2.75) is 32.4 Å². The first-order chi connectivity index (χ1) is 9.47. The predicted molar refractivity (Wildman–Crippen MR) is 68.8 cm³/mol. The number of carboxylic acid groups (broad SMARTS) is 1. The molecular weight excluding hydrogens is 286 g/mol. The molecule has 0 aliphatic carbocycles. The lowest BCUT2D eigenvalue weighted by atomic mass is 10.2. The van der Waals surface area contributed by atoms with E-state index in [0.717, 1.165) is 23.9 Å². The molecule has 1 aliphatic rings. The monoisotopic (exact) mass is 303 g/mol. The van der Waals surface area contributed by atoms with Gasteiger partial charge in [0.05, 0.1) is 18.4 Å². The molecule has 0 bridgehead atoms. The van der Waals surface area contributed by atoms with E-state index in [1.807, 2.05) is 0 Å². The molecule has 112 valence electrons. The normalized spacial score (nSPS) is 17.2. The number of aliphatic carboxylic acids is 1. The van der Waals surface area contributed by atoms with E-state index >= 15 is 0 Å². The molecule has 0 spiro atoms. The van der Waals surface area contributed by atoms with Crippen LogP contribution >= 0.6 is 0 Å². The van der Waals surface area contributed by atoms with Crippen molar-refractivity contribution in [3.8, 4) is 0 Å². The first-order valence-electron chi connectivity index (χ1n) is 6.33. The van der Waals surface area contributed by atoms with E-state index in [2.05, 4.69) is 15.0 Å². The van der Waals surface area contributed by atoms with Gasteiger partial charge in [-0.3, -0.25) is 4.79 Å². The van der Waals surface area contributed by atoms with Gasteiger partial charge >= 0.3 is 5.97 Å². The average Bonchev–Trinajstić information content (AvgIpc) is 2.84. The summed E-state index contributed by atoms with van der Waals surface area (Å²) in [5, 5.41) is 15.9. The molecule has 10 heteroatoms. The second-order valence-corrected chi connectivity index (χ2v) is 6.34. The zero-order chi connectivity index (χ0) is 14.6. The van der Waals surface area contributed by atoms with Crippen LogP contribution in [-0.2, 0) is 28.1 Å². The first-order valence-corrected chi connectivity index (χ1v) is 7.77. The van der Waals surface area contributed by atoms with Gasteiger partial charge < -0.3 is 5.11 Å². The Hall–Kier alpha value is -1.52. The van der Waals surface area contributed by atoms with E-state index in [0.29, 0.717) is 18.8 Å². The molecule has 0 saturated carbocycles. The van der Waals surface area contributed by atoms with Gasteiger partial charge in [-0.1, -0.05) is 11.6 Å². The van der Waals surface area contributed by atoms with Crippen LogP contribution in [0, 0.1) is 0 Å². The lowest BCUT2D eigenvalue weighted by molar-refractivity contribution is -0.137. The minimum absolute atomic E-state index is 0.00154. The molecule has 20 heavy (non-hydrogen) atoms. The minimum Gasteiger partial charge on any atom is -0.480 e. The Labute approximate surface area is 116 Å². The summed E-state index contributed by atoms with van der Waals surface area (Å²) in [6.45, 7) is 0.756. The Morgan fingerprint density at radius 2 is 2.05 bits per heavy atom. The van der Waals surface area contributed by atoms with Crippen molar-refractivity contribution in [2.24, 2.45) is 0 Å². The lowest BCUT2D eigenvalue weighted by Crippen LogP contribution is -2.43. The number of carboxylic acids is 1. The summed E-state index contributed by atoms with van der Waals surface area (Å²) in [5.74, 6) is -1.03. The van der Waals surface area contributed by atoms with Crippen molar-refractivity contribution in [2.75, 3.05) is 13.1 Å². The summed E-state index contributed by atoms with van der Waals surface area (Å²) in [4.78, 5) is 10.5. The third kappa shape index (κ3) is 3.99. The number of hydrogen-bond acceptors (Lipinski definition) is 5. The maximum atomic E-state index is 12.0. The quantitative estimate of drug-likeness (QED) is 0.709. The van der Waals surface area contributed by atoms with Crippen molar-refractivity contribution < 1.29 is 18.3 Å². The third-order valence-electron chi connectivity index (χ3n) is 2.97. The molecule has 2 N–H and O–H groups in total. The van der Waals surface area contributed by atoms with Crippen LogP contribution in [0.4, 0.5) is 0 Å². The van der Waals surface area contributed by atoms with E-state index in [1.165, 1.54) is 10.5 Å². The first kappa shape index (κ1) is 14.9. The van der Waals surface area contributed by atoms with Crippen molar-refractivity contribution in [3.63, 3.8) is 0 Å². The molecule has 1 aliphatic heterocycles. The Kier molecular flexibility index (Phi) is 4.68. The third-order valence-corrected chi connectivity index (χ3v) is 4.53. The Morgan fingerprint density at radius 3 is 2.70 bits per heavy atom. The fraction of sp³-hybridized carbons (Fsp3) is 0.700. The topological polar surface area (TPSA) is 117 Å². The second kappa shape index (κ2) is 6.29. The van der Waals surface area contributed by atoms with Gasteiger partial charge in [-0.15, -0.1) is 5.10 Å². The standard InChI is InChI=1S/C10H17N5O4S/c16-10(17)8-14-7-9(12-13-14)6-11-20(18,19)15-4-2-1-3-5-15/h7,11H,1-6,8H2,(H,16,17). The highest BCUT2D eigenvalue weighted by Crippen LogP contribution is 2.12. The van der Waals surface area contributed by atoms with Gasteiger partial charge in [0.15, 0.2) is 0 Å². The van der Waals surface area contributed by atoms with Crippen LogP contribution in [0.3, 0.4) is 0 Å². The molecule has 9 nitrogen and oxygen atoms in total. The zero-order valence-corrected chi connectivity index (χ0v) is 11.7. The number of hydrogen-bond donors (Lipinski definition) is 2. The fourth-order valence-electron chi connectivity index (χ4n) is 2.00. The number of nitrogens with one attached hydrogen (secondary N) is 1. The maximum Gasteiger partial charge on any atom is 0.325 e. The number of piperidine rings is 1. The Balaban J connectivity index is 1.90. The van der Waals surface area contributed by atoms with Crippen LogP contribution in [0.2, 0.25) is 0 Å². The van der Waals surface area contributed by atoms with Crippen molar-refractivity contribution in [1.82, 2.24) is 24.0 Å². The summed E-state index contributed by atoms with van der Waals surface area (Å²) in [6, 6.07) is 0. The molecule has 0 radical (unpaired) electrons. The van der Waals surface area contributed by atoms with Crippen LogP contribution in [-0.4, -0.2) is 51.9 Å². The maximum absolute atomic E-state index is 12.0. The summed E-state index contributed by atoms with van der Waals surface area (Å²) in [5.41, 5.74) is 0.381. The van der Waals surface area contributed by atoms with Crippen molar-refractivity contribution >= 4 is 16.2 Å². The van der Waals surface area contributed by atoms with Crippen LogP contribution in [0.1, 0.15) is 25.0 Å². The van der Waals surface area contributed by atoms with Crippen LogP contribution < -0.4 is 4.72 Å². The number of nitrogens with zero attached hydrogens (tertiary/aromatic N) is 4. The van der Waals surface area contributed by atoms with E-state index in [9.17, 15) is 13.2 Å².